The summed E-state index contributed by atoms with van der Waals surface area (Å²) in [5.74, 6) is 0.829. The van der Waals surface area contributed by atoms with Gasteiger partial charge in [0.05, 0.1) is 6.10 Å². The van der Waals surface area contributed by atoms with Crippen LogP contribution in [-0.4, -0.2) is 41.7 Å². The molecule has 2 aliphatic rings. The molecule has 3 atom stereocenters. The van der Waals surface area contributed by atoms with Crippen molar-refractivity contribution in [3.05, 3.63) is 0 Å². The van der Waals surface area contributed by atoms with Gasteiger partial charge in [-0.25, -0.2) is 0 Å². The number of carbonyl (C=O) groups excluding carboxylic acids is 1. The van der Waals surface area contributed by atoms with Crippen LogP contribution in [0.25, 0.3) is 0 Å². The molecule has 2 rings (SSSR count). The Kier molecular flexibility index (Phi) is 3.82. The number of aliphatic hydroxyl groups excluding tert-OH is 1. The molecule has 1 amide bonds. The fraction of sp³-hybridized carbons (Fsp3) is 0.917. The minimum absolute atomic E-state index is 0.210. The van der Waals surface area contributed by atoms with Crippen molar-refractivity contribution in [2.45, 2.75) is 38.2 Å². The average molecular weight is 226 g/mol. The van der Waals surface area contributed by atoms with E-state index in [9.17, 15) is 9.90 Å². The van der Waals surface area contributed by atoms with Gasteiger partial charge in [-0.1, -0.05) is 12.8 Å². The van der Waals surface area contributed by atoms with E-state index in [2.05, 4.69) is 0 Å². The van der Waals surface area contributed by atoms with E-state index in [-0.39, 0.29) is 17.9 Å². The van der Waals surface area contributed by atoms with Crippen LogP contribution in [0.1, 0.15) is 32.1 Å². The van der Waals surface area contributed by atoms with Gasteiger partial charge in [0.2, 0.25) is 5.91 Å². The Morgan fingerprint density at radius 3 is 2.75 bits per heavy atom. The number of rotatable bonds is 3. The second-order valence-electron chi connectivity index (χ2n) is 5.22. The summed E-state index contributed by atoms with van der Waals surface area (Å²) >= 11 is 0. The molecule has 3 unspecified atom stereocenters. The first kappa shape index (κ1) is 11.9. The highest BCUT2D eigenvalue weighted by Gasteiger charge is 2.32. The average Bonchev–Trinajstić information content (AvgIpc) is 2.63. The number of hydrogen-bond acceptors (Lipinski definition) is 3. The second-order valence-corrected chi connectivity index (χ2v) is 5.22. The normalized spacial score (nSPS) is 35.8. The molecule has 4 heteroatoms. The molecule has 0 aromatic carbocycles. The minimum atomic E-state index is -0.210. The summed E-state index contributed by atoms with van der Waals surface area (Å²) in [6, 6.07) is 0. The molecule has 1 heterocycles. The van der Waals surface area contributed by atoms with Crippen molar-refractivity contribution in [1.82, 2.24) is 4.90 Å². The fourth-order valence-corrected chi connectivity index (χ4v) is 2.87. The van der Waals surface area contributed by atoms with Gasteiger partial charge in [0, 0.05) is 25.4 Å². The molecular weight excluding hydrogens is 204 g/mol. The molecule has 1 saturated heterocycles. The van der Waals surface area contributed by atoms with E-state index in [0.29, 0.717) is 18.9 Å². The van der Waals surface area contributed by atoms with Crippen molar-refractivity contribution in [3.63, 3.8) is 0 Å². The van der Waals surface area contributed by atoms with Crippen LogP contribution >= 0.6 is 0 Å². The summed E-state index contributed by atoms with van der Waals surface area (Å²) in [6.07, 6.45) is 4.64. The van der Waals surface area contributed by atoms with Crippen LogP contribution < -0.4 is 5.73 Å². The van der Waals surface area contributed by atoms with Crippen molar-refractivity contribution in [1.29, 1.82) is 0 Å². The molecule has 2 fully saturated rings. The van der Waals surface area contributed by atoms with Crippen LogP contribution in [0.4, 0.5) is 0 Å². The first-order valence-corrected chi connectivity index (χ1v) is 6.36. The highest BCUT2D eigenvalue weighted by molar-refractivity contribution is 5.78. The lowest BCUT2D eigenvalue weighted by Crippen LogP contribution is -2.38. The summed E-state index contributed by atoms with van der Waals surface area (Å²) in [5, 5.41) is 9.88. The number of amides is 1. The molecule has 16 heavy (non-hydrogen) atoms. The molecular formula is C12H22N2O2. The quantitative estimate of drug-likeness (QED) is 0.729. The minimum Gasteiger partial charge on any atom is -0.393 e. The lowest BCUT2D eigenvalue weighted by atomic mass is 9.86. The van der Waals surface area contributed by atoms with Crippen molar-refractivity contribution in [2.75, 3.05) is 19.6 Å². The van der Waals surface area contributed by atoms with Gasteiger partial charge in [-0.05, 0) is 25.3 Å². The van der Waals surface area contributed by atoms with Gasteiger partial charge in [0.1, 0.15) is 0 Å². The van der Waals surface area contributed by atoms with Crippen LogP contribution in [0.2, 0.25) is 0 Å². The predicted octanol–water partition coefficient (Wildman–Crippen LogP) is 0.345. The maximum Gasteiger partial charge on any atom is 0.222 e. The Hall–Kier alpha value is -0.610. The van der Waals surface area contributed by atoms with E-state index in [1.807, 2.05) is 4.90 Å². The van der Waals surface area contributed by atoms with E-state index in [4.69, 9.17) is 5.73 Å². The monoisotopic (exact) mass is 226 g/mol. The van der Waals surface area contributed by atoms with Crippen LogP contribution in [0, 0.1) is 11.8 Å². The Morgan fingerprint density at radius 1 is 1.38 bits per heavy atom. The number of carbonyl (C=O) groups is 1. The molecule has 1 saturated carbocycles. The maximum absolute atomic E-state index is 11.7. The summed E-state index contributed by atoms with van der Waals surface area (Å²) in [4.78, 5) is 13.6. The first-order valence-electron chi connectivity index (χ1n) is 6.36. The largest absolute Gasteiger partial charge is 0.393 e. The third-order valence-corrected chi connectivity index (χ3v) is 3.95. The van der Waals surface area contributed by atoms with Crippen molar-refractivity contribution < 1.29 is 9.90 Å². The zero-order valence-electron chi connectivity index (χ0n) is 9.77. The zero-order chi connectivity index (χ0) is 11.5. The molecule has 0 bridgehead atoms. The summed E-state index contributed by atoms with van der Waals surface area (Å²) < 4.78 is 0. The van der Waals surface area contributed by atoms with Crippen LogP contribution in [-0.2, 0) is 4.79 Å². The molecule has 1 aliphatic heterocycles. The van der Waals surface area contributed by atoms with Gasteiger partial charge in [-0.2, -0.15) is 0 Å². The van der Waals surface area contributed by atoms with Crippen LogP contribution in [0.3, 0.4) is 0 Å². The van der Waals surface area contributed by atoms with Crippen molar-refractivity contribution >= 4 is 5.91 Å². The second kappa shape index (κ2) is 5.15. The van der Waals surface area contributed by atoms with E-state index in [1.54, 1.807) is 0 Å². The topological polar surface area (TPSA) is 66.6 Å². The molecule has 0 aromatic rings. The molecule has 0 spiro atoms. The Morgan fingerprint density at radius 2 is 2.12 bits per heavy atom. The lowest BCUT2D eigenvalue weighted by molar-refractivity contribution is -0.129. The number of likely N-dealkylation sites (tertiary alicyclic amines) is 1. The third kappa shape index (κ3) is 2.55. The van der Waals surface area contributed by atoms with Gasteiger partial charge >= 0.3 is 0 Å². The number of nitrogens with zero attached hydrogens (tertiary/aromatic N) is 1. The van der Waals surface area contributed by atoms with E-state index in [0.717, 1.165) is 32.4 Å². The molecule has 92 valence electrons. The Bertz CT molecular complexity index is 257. The van der Waals surface area contributed by atoms with Gasteiger partial charge in [0.25, 0.3) is 0 Å². The standard InChI is InChI=1S/C12H22N2O2/c13-6-9-5-12(16)14(7-9)8-10-3-1-2-4-11(10)15/h9-11,15H,1-8,13H2. The van der Waals surface area contributed by atoms with E-state index >= 15 is 0 Å². The van der Waals surface area contributed by atoms with Gasteiger partial charge in [0.15, 0.2) is 0 Å². The highest BCUT2D eigenvalue weighted by atomic mass is 16.3. The Labute approximate surface area is 96.8 Å². The summed E-state index contributed by atoms with van der Waals surface area (Å²) in [7, 11) is 0. The summed E-state index contributed by atoms with van der Waals surface area (Å²) in [5.41, 5.74) is 5.59. The number of nitrogens with two attached hydrogens (primary N) is 1. The smallest absolute Gasteiger partial charge is 0.222 e. The van der Waals surface area contributed by atoms with E-state index < -0.39 is 0 Å². The highest BCUT2D eigenvalue weighted by Crippen LogP contribution is 2.27. The predicted molar refractivity (Wildman–Crippen MR) is 61.7 cm³/mol. The third-order valence-electron chi connectivity index (χ3n) is 3.95. The van der Waals surface area contributed by atoms with Crippen molar-refractivity contribution in [3.8, 4) is 0 Å². The van der Waals surface area contributed by atoms with Gasteiger partial charge < -0.3 is 15.7 Å². The van der Waals surface area contributed by atoms with Gasteiger partial charge in [-0.15, -0.1) is 0 Å². The van der Waals surface area contributed by atoms with Crippen molar-refractivity contribution in [2.24, 2.45) is 17.6 Å². The zero-order valence-corrected chi connectivity index (χ0v) is 9.77. The van der Waals surface area contributed by atoms with Gasteiger partial charge in [-0.3, -0.25) is 4.79 Å². The molecule has 0 aromatic heterocycles. The summed E-state index contributed by atoms with van der Waals surface area (Å²) in [6.45, 7) is 2.12. The van der Waals surface area contributed by atoms with Crippen LogP contribution in [0.15, 0.2) is 0 Å². The lowest BCUT2D eigenvalue weighted by Gasteiger charge is -2.31. The molecule has 4 nitrogen and oxygen atoms in total. The Balaban J connectivity index is 1.86. The molecule has 0 radical (unpaired) electrons. The van der Waals surface area contributed by atoms with E-state index in [1.165, 1.54) is 6.42 Å². The molecule has 3 N–H and O–H groups in total. The fourth-order valence-electron chi connectivity index (χ4n) is 2.87. The number of hydrogen-bond donors (Lipinski definition) is 2. The SMILES string of the molecule is NCC1CC(=O)N(CC2CCCCC2O)C1. The maximum atomic E-state index is 11.7. The molecule has 1 aliphatic carbocycles. The van der Waals surface area contributed by atoms with Crippen LogP contribution in [0.5, 0.6) is 0 Å². The number of aliphatic hydroxyl groups is 1. The first-order chi connectivity index (χ1) is 7.70.